The molecule has 0 saturated carbocycles. The second-order valence-electron chi connectivity index (χ2n) is 6.11. The van der Waals surface area contributed by atoms with Crippen LogP contribution < -0.4 is 5.32 Å². The highest BCUT2D eigenvalue weighted by Gasteiger charge is 2.12. The van der Waals surface area contributed by atoms with Crippen LogP contribution in [0, 0.1) is 13.8 Å². The summed E-state index contributed by atoms with van der Waals surface area (Å²) in [5.41, 5.74) is 5.09. The quantitative estimate of drug-likeness (QED) is 0.750. The summed E-state index contributed by atoms with van der Waals surface area (Å²) in [7, 11) is 0. The third-order valence-electron chi connectivity index (χ3n) is 4.28. The third kappa shape index (κ3) is 3.25. The summed E-state index contributed by atoms with van der Waals surface area (Å²) >= 11 is 0. The minimum Gasteiger partial charge on any atom is -0.346 e. The molecule has 0 radical (unpaired) electrons. The molecule has 1 aromatic heterocycles. The summed E-state index contributed by atoms with van der Waals surface area (Å²) in [5, 5.41) is 3.07. The number of hydrogen-bond acceptors (Lipinski definition) is 1. The molecule has 122 valence electrons. The van der Waals surface area contributed by atoms with Gasteiger partial charge in [0.1, 0.15) is 0 Å². The Morgan fingerprint density at radius 2 is 1.58 bits per heavy atom. The van der Waals surface area contributed by atoms with Gasteiger partial charge in [-0.1, -0.05) is 36.4 Å². The summed E-state index contributed by atoms with van der Waals surface area (Å²) in [6, 6.07) is 21.9. The van der Waals surface area contributed by atoms with Gasteiger partial charge in [-0.25, -0.2) is 0 Å². The molecule has 3 aromatic rings. The van der Waals surface area contributed by atoms with E-state index in [1.807, 2.05) is 61.5 Å². The van der Waals surface area contributed by atoms with Crippen LogP contribution in [0.25, 0.3) is 5.69 Å². The average Bonchev–Trinajstić information content (AvgIpc) is 2.94. The van der Waals surface area contributed by atoms with Crippen LogP contribution in [0.1, 0.15) is 40.3 Å². The van der Waals surface area contributed by atoms with Crippen molar-refractivity contribution in [1.82, 2.24) is 9.88 Å². The fourth-order valence-corrected chi connectivity index (χ4v) is 2.97. The Morgan fingerprint density at radius 3 is 2.25 bits per heavy atom. The van der Waals surface area contributed by atoms with Crippen LogP contribution in [-0.4, -0.2) is 10.5 Å². The Morgan fingerprint density at radius 1 is 0.917 bits per heavy atom. The SMILES string of the molecule is Cc1ccc(C)n1-c1cccc(C(=O)NC(C)c2ccccc2)c1. The Hall–Kier alpha value is -2.81. The molecule has 1 heterocycles. The molecular formula is C21H22N2O. The maximum absolute atomic E-state index is 12.6. The monoisotopic (exact) mass is 318 g/mol. The molecule has 2 aromatic carbocycles. The minimum absolute atomic E-state index is 0.0302. The molecular weight excluding hydrogens is 296 g/mol. The lowest BCUT2D eigenvalue weighted by atomic mass is 10.1. The highest BCUT2D eigenvalue weighted by molar-refractivity contribution is 5.95. The van der Waals surface area contributed by atoms with Gasteiger partial charge in [0, 0.05) is 22.6 Å². The predicted molar refractivity (Wildman–Crippen MR) is 97.6 cm³/mol. The van der Waals surface area contributed by atoms with E-state index in [9.17, 15) is 4.79 Å². The first-order valence-corrected chi connectivity index (χ1v) is 8.17. The lowest BCUT2D eigenvalue weighted by molar-refractivity contribution is 0.0940. The third-order valence-corrected chi connectivity index (χ3v) is 4.28. The molecule has 1 unspecified atom stereocenters. The van der Waals surface area contributed by atoms with Crippen LogP contribution >= 0.6 is 0 Å². The van der Waals surface area contributed by atoms with Gasteiger partial charge in [0.25, 0.3) is 5.91 Å². The summed E-state index contributed by atoms with van der Waals surface area (Å²) in [6.07, 6.45) is 0. The summed E-state index contributed by atoms with van der Waals surface area (Å²) < 4.78 is 2.15. The smallest absolute Gasteiger partial charge is 0.251 e. The van der Waals surface area contributed by atoms with Gasteiger partial charge in [0.15, 0.2) is 0 Å². The van der Waals surface area contributed by atoms with Gasteiger partial charge in [0.2, 0.25) is 0 Å². The van der Waals surface area contributed by atoms with Crippen molar-refractivity contribution in [2.75, 3.05) is 0 Å². The van der Waals surface area contributed by atoms with E-state index < -0.39 is 0 Å². The first-order chi connectivity index (χ1) is 11.6. The van der Waals surface area contributed by atoms with E-state index in [-0.39, 0.29) is 11.9 Å². The normalized spacial score (nSPS) is 12.0. The number of aryl methyl sites for hydroxylation is 2. The number of aromatic nitrogens is 1. The Balaban J connectivity index is 1.83. The van der Waals surface area contributed by atoms with Crippen molar-refractivity contribution in [2.24, 2.45) is 0 Å². The molecule has 1 amide bonds. The Labute approximate surface area is 143 Å². The summed E-state index contributed by atoms with van der Waals surface area (Å²) in [4.78, 5) is 12.6. The first-order valence-electron chi connectivity index (χ1n) is 8.17. The molecule has 0 bridgehead atoms. The Bertz CT molecular complexity index is 830. The van der Waals surface area contributed by atoms with Crippen molar-refractivity contribution >= 4 is 5.91 Å². The average molecular weight is 318 g/mol. The van der Waals surface area contributed by atoms with Crippen LogP contribution in [0.2, 0.25) is 0 Å². The van der Waals surface area contributed by atoms with Crippen molar-refractivity contribution in [3.63, 3.8) is 0 Å². The summed E-state index contributed by atoms with van der Waals surface area (Å²) in [6.45, 7) is 6.13. The molecule has 0 aliphatic rings. The van der Waals surface area contributed by atoms with Gasteiger partial charge in [-0.2, -0.15) is 0 Å². The van der Waals surface area contributed by atoms with E-state index in [2.05, 4.69) is 35.9 Å². The number of nitrogens with one attached hydrogen (secondary N) is 1. The molecule has 3 heteroatoms. The molecule has 0 aliphatic carbocycles. The van der Waals surface area contributed by atoms with Gasteiger partial charge in [-0.15, -0.1) is 0 Å². The molecule has 24 heavy (non-hydrogen) atoms. The molecule has 0 fully saturated rings. The minimum atomic E-state index is -0.0596. The fourth-order valence-electron chi connectivity index (χ4n) is 2.97. The zero-order valence-electron chi connectivity index (χ0n) is 14.3. The van der Waals surface area contributed by atoms with E-state index in [1.54, 1.807) is 0 Å². The zero-order valence-corrected chi connectivity index (χ0v) is 14.3. The topological polar surface area (TPSA) is 34.0 Å². The number of nitrogens with zero attached hydrogens (tertiary/aromatic N) is 1. The van der Waals surface area contributed by atoms with Crippen molar-refractivity contribution < 1.29 is 4.79 Å². The molecule has 0 spiro atoms. The van der Waals surface area contributed by atoms with Crippen LogP contribution in [0.15, 0.2) is 66.7 Å². The van der Waals surface area contributed by atoms with Crippen LogP contribution in [0.5, 0.6) is 0 Å². The molecule has 1 atom stereocenters. The Kier molecular flexibility index (Phi) is 4.52. The standard InChI is InChI=1S/C21H22N2O/c1-15-12-13-16(2)23(15)20-11-7-10-19(14-20)21(24)22-17(3)18-8-5-4-6-9-18/h4-14,17H,1-3H3,(H,22,24). The van der Waals surface area contributed by atoms with Crippen molar-refractivity contribution in [2.45, 2.75) is 26.8 Å². The second kappa shape index (κ2) is 6.75. The largest absolute Gasteiger partial charge is 0.346 e. The molecule has 0 aliphatic heterocycles. The maximum atomic E-state index is 12.6. The lowest BCUT2D eigenvalue weighted by Gasteiger charge is -2.15. The van der Waals surface area contributed by atoms with Crippen molar-refractivity contribution in [1.29, 1.82) is 0 Å². The van der Waals surface area contributed by atoms with E-state index in [0.717, 1.165) is 22.6 Å². The van der Waals surface area contributed by atoms with Crippen LogP contribution in [-0.2, 0) is 0 Å². The lowest BCUT2D eigenvalue weighted by Crippen LogP contribution is -2.26. The molecule has 1 N–H and O–H groups in total. The van der Waals surface area contributed by atoms with Gasteiger partial charge in [0.05, 0.1) is 6.04 Å². The highest BCUT2D eigenvalue weighted by atomic mass is 16.1. The van der Waals surface area contributed by atoms with Gasteiger partial charge >= 0.3 is 0 Å². The van der Waals surface area contributed by atoms with E-state index >= 15 is 0 Å². The number of amides is 1. The number of carbonyl (C=O) groups is 1. The van der Waals surface area contributed by atoms with Crippen LogP contribution in [0.3, 0.4) is 0 Å². The number of carbonyl (C=O) groups excluding carboxylic acids is 1. The molecule has 3 rings (SSSR count). The van der Waals surface area contributed by atoms with Gasteiger partial charge in [-0.3, -0.25) is 4.79 Å². The zero-order chi connectivity index (χ0) is 17.1. The van der Waals surface area contributed by atoms with Crippen molar-refractivity contribution in [3.8, 4) is 5.69 Å². The highest BCUT2D eigenvalue weighted by Crippen LogP contribution is 2.18. The molecule has 0 saturated heterocycles. The van der Waals surface area contributed by atoms with E-state index in [0.29, 0.717) is 5.56 Å². The number of hydrogen-bond donors (Lipinski definition) is 1. The van der Waals surface area contributed by atoms with E-state index in [4.69, 9.17) is 0 Å². The first kappa shape index (κ1) is 16.1. The number of benzene rings is 2. The van der Waals surface area contributed by atoms with Crippen LogP contribution in [0.4, 0.5) is 0 Å². The second-order valence-corrected chi connectivity index (χ2v) is 6.11. The fraction of sp³-hybridized carbons (Fsp3) is 0.190. The van der Waals surface area contributed by atoms with Gasteiger partial charge < -0.3 is 9.88 Å². The van der Waals surface area contributed by atoms with E-state index in [1.165, 1.54) is 0 Å². The molecule has 3 nitrogen and oxygen atoms in total. The predicted octanol–water partition coefficient (Wildman–Crippen LogP) is 4.59. The van der Waals surface area contributed by atoms with Gasteiger partial charge in [-0.05, 0) is 56.7 Å². The van der Waals surface area contributed by atoms with Crippen molar-refractivity contribution in [3.05, 3.63) is 89.2 Å². The maximum Gasteiger partial charge on any atom is 0.251 e. The number of rotatable bonds is 4. The summed E-state index contributed by atoms with van der Waals surface area (Å²) in [5.74, 6) is -0.0596.